The number of thiazole rings is 1. The Morgan fingerprint density at radius 3 is 2.09 bits per heavy atom. The van der Waals surface area contributed by atoms with Crippen LogP contribution in [0, 0.1) is 35.5 Å². The number of carbonyl (C=O) groups is 11. The molecule has 0 aliphatic carbocycles. The van der Waals surface area contributed by atoms with Gasteiger partial charge in [0.2, 0.25) is 17.7 Å². The standard InChI is InChI=1S/C73H108N10O14S/c1-11-34-82(71(93)57(48(8)13-3)42-63(87)60-22-16-18-35-81(60)10)61(47(6)7)43-64(96-37-12-2)70-78-59(45-98-70)69(92)76-53(39-50-27-29-54(84)30-28-50)38-49(9)67(90)79-80-73(95)97-44-52-25-23-51(24-26-52)40-62(86)58(21-19-33-75-72(74)94)77-68(91)56(46(4)5)41-55(85)20-15-14-17-36-83-65(88)31-32-66(83)89/h23-32,45-49,53,56-58,60-61,64,84H,11-22,33-44H2,1-10H3,(H,76,92)(H,77,91)(H,79,90)(H,80,95)(H3,74,75,94)/t48-,49-,53+,56+,57-,58+,60+,61+,64+/m0/s1. The number of ether oxygens (including phenoxy) is 2. The van der Waals surface area contributed by atoms with E-state index in [1.54, 1.807) is 48.7 Å². The summed E-state index contributed by atoms with van der Waals surface area (Å²) in [5, 5.41) is 20.8. The van der Waals surface area contributed by atoms with E-state index in [0.717, 1.165) is 55.5 Å². The van der Waals surface area contributed by atoms with Gasteiger partial charge in [0, 0.05) is 106 Å². The number of aromatic hydroxyl groups is 1. The second-order valence-electron chi connectivity index (χ2n) is 27.1. The molecule has 3 aromatic rings. The number of nitrogens with one attached hydrogen (secondary N) is 5. The molecular formula is C73H108N10O14S. The number of imide groups is 1. The Morgan fingerprint density at radius 1 is 0.776 bits per heavy atom. The van der Waals surface area contributed by atoms with Gasteiger partial charge >= 0.3 is 12.1 Å². The monoisotopic (exact) mass is 1380 g/mol. The number of hydrogen-bond acceptors (Lipinski definition) is 17. The molecule has 0 radical (unpaired) electrons. The topological polar surface area (TPSA) is 335 Å². The van der Waals surface area contributed by atoms with Crippen LogP contribution in [-0.2, 0) is 67.3 Å². The quantitative estimate of drug-likeness (QED) is 0.0158. The molecule has 3 heterocycles. The Bertz CT molecular complexity index is 3140. The Kier molecular flexibility index (Phi) is 34.2. The van der Waals surface area contributed by atoms with E-state index < -0.39 is 65.8 Å². The van der Waals surface area contributed by atoms with Crippen molar-refractivity contribution < 1.29 is 67.3 Å². The first kappa shape index (κ1) is 80.8. The first-order valence-electron chi connectivity index (χ1n) is 35.1. The first-order valence-corrected chi connectivity index (χ1v) is 36.0. The molecule has 0 bridgehead atoms. The minimum absolute atomic E-state index is 0.0116. The van der Waals surface area contributed by atoms with Gasteiger partial charge in [0.15, 0.2) is 11.6 Å². The van der Waals surface area contributed by atoms with Crippen LogP contribution in [0.3, 0.4) is 0 Å². The molecule has 0 spiro atoms. The number of hydrazine groups is 1. The number of ketones is 3. The maximum Gasteiger partial charge on any atom is 0.426 e. The summed E-state index contributed by atoms with van der Waals surface area (Å²) in [6.07, 6.45) is 9.25. The molecule has 5 rings (SSSR count). The van der Waals surface area contributed by atoms with Crippen LogP contribution in [0.5, 0.6) is 5.75 Å². The number of Topliss-reactive ketones (excluding diaryl/α,β-unsaturated/α-hetero) is 3. The van der Waals surface area contributed by atoms with Crippen molar-refractivity contribution in [3.8, 4) is 5.75 Å². The minimum atomic E-state index is -0.958. The number of benzene rings is 2. The van der Waals surface area contributed by atoms with Crippen LogP contribution >= 0.6 is 11.3 Å². The highest BCUT2D eigenvalue weighted by atomic mass is 32.1. The largest absolute Gasteiger partial charge is 0.508 e. The number of nitrogens with zero attached hydrogens (tertiary/aromatic N) is 4. The van der Waals surface area contributed by atoms with Gasteiger partial charge in [-0.2, -0.15) is 0 Å². The van der Waals surface area contributed by atoms with Crippen LogP contribution < -0.4 is 32.5 Å². The van der Waals surface area contributed by atoms with E-state index >= 15 is 0 Å². The maximum absolute atomic E-state index is 14.9. The van der Waals surface area contributed by atoms with E-state index in [-0.39, 0.29) is 141 Å². The number of hydrogen-bond donors (Lipinski definition) is 7. The van der Waals surface area contributed by atoms with Gasteiger partial charge < -0.3 is 41.2 Å². The second kappa shape index (κ2) is 41.5. The fourth-order valence-corrected chi connectivity index (χ4v) is 13.3. The number of aromatic nitrogens is 1. The zero-order chi connectivity index (χ0) is 72.0. The fourth-order valence-electron chi connectivity index (χ4n) is 12.5. The number of likely N-dealkylation sites (N-methyl/N-ethyl adjacent to an activating group) is 1. The lowest BCUT2D eigenvalue weighted by molar-refractivity contribution is -0.145. The lowest BCUT2D eigenvalue weighted by Gasteiger charge is -2.40. The molecule has 2 aromatic carbocycles. The zero-order valence-electron chi connectivity index (χ0n) is 59.2. The molecule has 540 valence electrons. The molecule has 0 saturated carbocycles. The second-order valence-corrected chi connectivity index (χ2v) is 27.9. The number of piperidine rings is 1. The number of primary amides is 1. The fraction of sp³-hybridized carbons (Fsp3) is 0.616. The van der Waals surface area contributed by atoms with Gasteiger partial charge in [-0.3, -0.25) is 58.4 Å². The summed E-state index contributed by atoms with van der Waals surface area (Å²) in [5.41, 5.74) is 12.0. The lowest BCUT2D eigenvalue weighted by Crippen LogP contribution is -2.50. The maximum atomic E-state index is 14.9. The van der Waals surface area contributed by atoms with E-state index in [1.807, 2.05) is 39.6 Å². The Labute approximate surface area is 582 Å². The summed E-state index contributed by atoms with van der Waals surface area (Å²) >= 11 is 1.29. The van der Waals surface area contributed by atoms with Crippen LogP contribution in [0.1, 0.15) is 203 Å². The number of urea groups is 1. The highest BCUT2D eigenvalue weighted by Crippen LogP contribution is 2.34. The van der Waals surface area contributed by atoms with Crippen LogP contribution in [0.15, 0.2) is 66.1 Å². The molecule has 2 aliphatic heterocycles. The van der Waals surface area contributed by atoms with Gasteiger partial charge in [0.25, 0.3) is 17.7 Å². The predicted molar refractivity (Wildman–Crippen MR) is 374 cm³/mol. The van der Waals surface area contributed by atoms with E-state index in [9.17, 15) is 57.8 Å². The van der Waals surface area contributed by atoms with Crippen molar-refractivity contribution in [3.05, 3.63) is 93.5 Å². The van der Waals surface area contributed by atoms with E-state index in [4.69, 9.17) is 20.2 Å². The van der Waals surface area contributed by atoms with Crippen molar-refractivity contribution >= 4 is 76.3 Å². The average molecular weight is 1380 g/mol. The molecular weight excluding hydrogens is 1270 g/mol. The van der Waals surface area contributed by atoms with Gasteiger partial charge in [-0.1, -0.05) is 118 Å². The van der Waals surface area contributed by atoms with Gasteiger partial charge in [-0.05, 0) is 124 Å². The molecule has 24 nitrogen and oxygen atoms in total. The molecule has 1 aromatic heterocycles. The third kappa shape index (κ3) is 26.4. The van der Waals surface area contributed by atoms with Gasteiger partial charge in [-0.15, -0.1) is 11.3 Å². The van der Waals surface area contributed by atoms with Crippen molar-refractivity contribution in [3.63, 3.8) is 0 Å². The molecule has 0 unspecified atom stereocenters. The van der Waals surface area contributed by atoms with Crippen molar-refractivity contribution in [1.82, 2.24) is 46.5 Å². The molecule has 1 saturated heterocycles. The van der Waals surface area contributed by atoms with E-state index in [1.165, 1.54) is 35.6 Å². The number of likely N-dealkylation sites (tertiary alicyclic amines) is 1. The average Bonchev–Trinajstić information content (AvgIpc) is 1.13. The summed E-state index contributed by atoms with van der Waals surface area (Å²) in [6.45, 7) is 19.7. The number of carbonyl (C=O) groups excluding carboxylic acids is 11. The lowest BCUT2D eigenvalue weighted by atomic mass is 9.82. The van der Waals surface area contributed by atoms with E-state index in [0.29, 0.717) is 61.4 Å². The van der Waals surface area contributed by atoms with Crippen molar-refractivity contribution in [2.45, 2.75) is 215 Å². The summed E-state index contributed by atoms with van der Waals surface area (Å²) in [4.78, 5) is 156. The summed E-state index contributed by atoms with van der Waals surface area (Å²) in [7, 11) is 2.00. The highest BCUT2D eigenvalue weighted by Gasteiger charge is 2.39. The van der Waals surface area contributed by atoms with Gasteiger partial charge in [0.05, 0.1) is 12.1 Å². The van der Waals surface area contributed by atoms with E-state index in [2.05, 4.69) is 59.4 Å². The van der Waals surface area contributed by atoms with Crippen LogP contribution in [0.4, 0.5) is 9.59 Å². The number of rotatable bonds is 43. The SMILES string of the molecule is CCCO[C@H](C[C@H](C(C)C)N(CCC)C(=O)[C@@H](CC(=O)[C@H]1CCCCN1C)[C@@H](C)CC)c1nc(C(=O)N[C@@H](Cc2ccc(O)cc2)C[C@H](C)C(=O)NNC(=O)OCc2ccc(CC(=O)[C@@H](CCCNC(N)=O)NC(=O)[C@H](CC(=O)CCCCCN3C(=O)C=CC3=O)C(C)C)cc2)cs1. The summed E-state index contributed by atoms with van der Waals surface area (Å²) in [5.74, 6) is -4.68. The number of nitrogens with two attached hydrogens (primary N) is 1. The Balaban J connectivity index is 1.17. The highest BCUT2D eigenvalue weighted by molar-refractivity contribution is 7.09. The number of unbranched alkanes of at least 4 members (excludes halogenated alkanes) is 2. The first-order chi connectivity index (χ1) is 46.7. The Hall–Kier alpha value is -7.90. The van der Waals surface area contributed by atoms with Crippen LogP contribution in [-0.4, -0.2) is 154 Å². The van der Waals surface area contributed by atoms with Crippen LogP contribution in [0.2, 0.25) is 0 Å². The van der Waals surface area contributed by atoms with Crippen molar-refractivity contribution in [2.75, 3.05) is 39.8 Å². The molecule has 1 fully saturated rings. The smallest absolute Gasteiger partial charge is 0.426 e. The third-order valence-electron chi connectivity index (χ3n) is 18.5. The number of phenolic OH excluding ortho intramolecular Hbond substituents is 1. The number of amides is 9. The summed E-state index contributed by atoms with van der Waals surface area (Å²) < 4.78 is 11.9. The Morgan fingerprint density at radius 2 is 1.46 bits per heavy atom. The molecule has 8 N–H and O–H groups in total. The number of phenols is 1. The van der Waals surface area contributed by atoms with Crippen molar-refractivity contribution in [1.29, 1.82) is 0 Å². The molecule has 9 atom stereocenters. The molecule has 25 heteroatoms. The molecule has 98 heavy (non-hydrogen) atoms. The van der Waals surface area contributed by atoms with Crippen molar-refractivity contribution in [2.24, 2.45) is 41.2 Å². The minimum Gasteiger partial charge on any atom is -0.508 e. The van der Waals surface area contributed by atoms with Gasteiger partial charge in [0.1, 0.15) is 34.9 Å². The van der Waals surface area contributed by atoms with Crippen LogP contribution in [0.25, 0.3) is 0 Å². The van der Waals surface area contributed by atoms with Gasteiger partial charge in [-0.25, -0.2) is 20.0 Å². The third-order valence-corrected chi connectivity index (χ3v) is 19.5. The normalized spacial score (nSPS) is 16.5. The molecule has 2 aliphatic rings. The predicted octanol–water partition coefficient (Wildman–Crippen LogP) is 9.16. The zero-order valence-corrected chi connectivity index (χ0v) is 60.0. The summed E-state index contributed by atoms with van der Waals surface area (Å²) in [6, 6.07) is 10.4. The molecule has 9 amide bonds.